The van der Waals surface area contributed by atoms with Gasteiger partial charge < -0.3 is 24.6 Å². The zero-order chi connectivity index (χ0) is 16.9. The van der Waals surface area contributed by atoms with Crippen molar-refractivity contribution >= 4 is 23.1 Å². The summed E-state index contributed by atoms with van der Waals surface area (Å²) >= 11 is 0. The summed E-state index contributed by atoms with van der Waals surface area (Å²) in [5, 5.41) is 10.1. The Kier molecular flexibility index (Phi) is 4.46. The van der Waals surface area contributed by atoms with E-state index in [1.54, 1.807) is 26.4 Å². The maximum atomic E-state index is 5.29. The normalized spacial score (nSPS) is 10.3. The van der Waals surface area contributed by atoms with Gasteiger partial charge in [0.2, 0.25) is 0 Å². The van der Waals surface area contributed by atoms with Crippen molar-refractivity contribution in [1.82, 2.24) is 15.1 Å². The molecule has 0 atom stereocenters. The van der Waals surface area contributed by atoms with Crippen LogP contribution >= 0.6 is 0 Å². The number of aromatic nitrogens is 3. The second-order valence-electron chi connectivity index (χ2n) is 4.93. The molecule has 0 spiro atoms. The Morgan fingerprint density at radius 3 is 2.29 bits per heavy atom. The van der Waals surface area contributed by atoms with Crippen molar-refractivity contribution < 1.29 is 14.0 Å². The number of anilines is 4. The van der Waals surface area contributed by atoms with Crippen LogP contribution in [-0.2, 0) is 0 Å². The first-order valence-corrected chi connectivity index (χ1v) is 7.19. The van der Waals surface area contributed by atoms with Gasteiger partial charge >= 0.3 is 0 Å². The Balaban J connectivity index is 1.77. The highest BCUT2D eigenvalue weighted by molar-refractivity contribution is 5.64. The monoisotopic (exact) mass is 327 g/mol. The van der Waals surface area contributed by atoms with E-state index in [4.69, 9.17) is 14.0 Å². The summed E-state index contributed by atoms with van der Waals surface area (Å²) in [4.78, 5) is 8.36. The fraction of sp³-hybridized carbons (Fsp3) is 0.188. The second-order valence-corrected chi connectivity index (χ2v) is 4.93. The van der Waals surface area contributed by atoms with Crippen molar-refractivity contribution in [2.24, 2.45) is 0 Å². The zero-order valence-electron chi connectivity index (χ0n) is 13.5. The molecule has 0 radical (unpaired) electrons. The van der Waals surface area contributed by atoms with Crippen molar-refractivity contribution in [3.8, 4) is 11.5 Å². The quantitative estimate of drug-likeness (QED) is 0.712. The van der Waals surface area contributed by atoms with E-state index in [0.717, 1.165) is 11.4 Å². The fourth-order valence-corrected chi connectivity index (χ4v) is 2.11. The molecule has 0 bridgehead atoms. The van der Waals surface area contributed by atoms with Gasteiger partial charge in [0.25, 0.3) is 0 Å². The van der Waals surface area contributed by atoms with E-state index >= 15 is 0 Å². The molecule has 0 saturated heterocycles. The zero-order valence-corrected chi connectivity index (χ0v) is 13.5. The average molecular weight is 327 g/mol. The third-order valence-electron chi connectivity index (χ3n) is 3.21. The predicted octanol–water partition coefficient (Wildman–Crippen LogP) is 3.28. The molecule has 1 aromatic carbocycles. The van der Waals surface area contributed by atoms with E-state index in [2.05, 4.69) is 25.8 Å². The number of hydrogen-bond acceptors (Lipinski definition) is 8. The summed E-state index contributed by atoms with van der Waals surface area (Å²) < 4.78 is 15.5. The lowest BCUT2D eigenvalue weighted by atomic mass is 10.2. The van der Waals surface area contributed by atoms with E-state index < -0.39 is 0 Å². The van der Waals surface area contributed by atoms with E-state index in [1.807, 2.05) is 25.1 Å². The van der Waals surface area contributed by atoms with Crippen molar-refractivity contribution in [2.75, 3.05) is 24.9 Å². The molecule has 0 saturated carbocycles. The summed E-state index contributed by atoms with van der Waals surface area (Å²) in [6, 6.07) is 9.07. The molecule has 8 nitrogen and oxygen atoms in total. The molecule has 0 aliphatic carbocycles. The Morgan fingerprint density at radius 2 is 1.62 bits per heavy atom. The maximum absolute atomic E-state index is 5.29. The van der Waals surface area contributed by atoms with Gasteiger partial charge in [0, 0.05) is 23.9 Å². The van der Waals surface area contributed by atoms with Crippen molar-refractivity contribution in [2.45, 2.75) is 6.92 Å². The van der Waals surface area contributed by atoms with Crippen LogP contribution in [0.3, 0.4) is 0 Å². The van der Waals surface area contributed by atoms with Crippen LogP contribution in [0.2, 0.25) is 0 Å². The van der Waals surface area contributed by atoms with Gasteiger partial charge in [0.05, 0.1) is 14.2 Å². The van der Waals surface area contributed by atoms with Gasteiger partial charge in [0.1, 0.15) is 23.7 Å². The lowest BCUT2D eigenvalue weighted by Crippen LogP contribution is -1.99. The van der Waals surface area contributed by atoms with Crippen LogP contribution < -0.4 is 20.1 Å². The third-order valence-corrected chi connectivity index (χ3v) is 3.21. The molecule has 0 unspecified atom stereocenters. The van der Waals surface area contributed by atoms with Crippen LogP contribution in [0.15, 0.2) is 41.2 Å². The summed E-state index contributed by atoms with van der Waals surface area (Å²) in [6.07, 6.45) is 1.46. The van der Waals surface area contributed by atoms with Gasteiger partial charge in [-0.2, -0.15) is 0 Å². The highest BCUT2D eigenvalue weighted by Crippen LogP contribution is 2.31. The molecule has 8 heteroatoms. The number of rotatable bonds is 6. The molecule has 2 N–H and O–H groups in total. The van der Waals surface area contributed by atoms with Crippen molar-refractivity contribution in [3.63, 3.8) is 0 Å². The number of benzene rings is 1. The summed E-state index contributed by atoms with van der Waals surface area (Å²) in [5.41, 5.74) is 0.814. The van der Waals surface area contributed by atoms with Gasteiger partial charge in [-0.3, -0.25) is 0 Å². The lowest BCUT2D eigenvalue weighted by molar-refractivity contribution is 0.355. The number of nitrogens with one attached hydrogen (secondary N) is 2. The molecule has 2 heterocycles. The highest BCUT2D eigenvalue weighted by atomic mass is 16.5. The second kappa shape index (κ2) is 6.86. The largest absolute Gasteiger partial charge is 0.493 e. The summed E-state index contributed by atoms with van der Waals surface area (Å²) in [6.45, 7) is 1.82. The first-order chi connectivity index (χ1) is 11.7. The van der Waals surface area contributed by atoms with Gasteiger partial charge in [-0.05, 0) is 19.1 Å². The Morgan fingerprint density at radius 1 is 0.875 bits per heavy atom. The van der Waals surface area contributed by atoms with Crippen molar-refractivity contribution in [3.05, 3.63) is 42.4 Å². The van der Waals surface area contributed by atoms with Crippen LogP contribution in [0.25, 0.3) is 0 Å². The summed E-state index contributed by atoms with van der Waals surface area (Å²) in [7, 11) is 3.19. The summed E-state index contributed by atoms with van der Waals surface area (Å²) in [5.74, 6) is 3.82. The molecule has 2 aromatic heterocycles. The molecule has 3 rings (SSSR count). The van der Waals surface area contributed by atoms with E-state index in [-0.39, 0.29) is 0 Å². The molecule has 0 aliphatic rings. The Hall–Kier alpha value is -3.29. The van der Waals surface area contributed by atoms with Gasteiger partial charge in [-0.25, -0.2) is 9.97 Å². The first-order valence-electron chi connectivity index (χ1n) is 7.19. The number of nitrogens with zero attached hydrogens (tertiary/aromatic N) is 3. The van der Waals surface area contributed by atoms with E-state index in [1.165, 1.54) is 6.33 Å². The number of ether oxygens (including phenoxy) is 2. The van der Waals surface area contributed by atoms with Crippen molar-refractivity contribution in [1.29, 1.82) is 0 Å². The molecular weight excluding hydrogens is 310 g/mol. The SMILES string of the molecule is COc1ccc(Nc2cc(Nc3cc(C)on3)ncn2)cc1OC. The minimum absolute atomic E-state index is 0.586. The molecular formula is C16H17N5O3. The van der Waals surface area contributed by atoms with Gasteiger partial charge in [0.15, 0.2) is 17.3 Å². The molecule has 0 fully saturated rings. The number of aryl methyl sites for hydroxylation is 1. The molecule has 24 heavy (non-hydrogen) atoms. The van der Waals surface area contributed by atoms with Crippen LogP contribution in [0.1, 0.15) is 5.76 Å². The lowest BCUT2D eigenvalue weighted by Gasteiger charge is -2.11. The van der Waals surface area contributed by atoms with E-state index in [9.17, 15) is 0 Å². The van der Waals surface area contributed by atoms with Crippen LogP contribution in [0.4, 0.5) is 23.1 Å². The standard InChI is InChI=1S/C16H17N5O3/c1-10-6-16(21-24-10)20-15-8-14(17-9-18-15)19-11-4-5-12(22-2)13(7-11)23-3/h4-9H,1-3H3,(H2,17,18,19,20,21). The van der Waals surface area contributed by atoms with Crippen LogP contribution in [0, 0.1) is 6.92 Å². The fourth-order valence-electron chi connectivity index (χ4n) is 2.11. The van der Waals surface area contributed by atoms with E-state index in [0.29, 0.717) is 29.0 Å². The molecule has 0 amide bonds. The minimum Gasteiger partial charge on any atom is -0.493 e. The highest BCUT2D eigenvalue weighted by Gasteiger charge is 2.07. The minimum atomic E-state index is 0.586. The number of methoxy groups -OCH3 is 2. The average Bonchev–Trinajstić information content (AvgIpc) is 3.00. The number of hydrogen-bond donors (Lipinski definition) is 2. The molecule has 124 valence electrons. The Bertz CT molecular complexity index is 834. The van der Waals surface area contributed by atoms with Crippen LogP contribution in [0.5, 0.6) is 11.5 Å². The van der Waals surface area contributed by atoms with Gasteiger partial charge in [-0.15, -0.1) is 0 Å². The third kappa shape index (κ3) is 3.54. The van der Waals surface area contributed by atoms with Gasteiger partial charge in [-0.1, -0.05) is 5.16 Å². The molecule has 0 aliphatic heterocycles. The first kappa shape index (κ1) is 15.6. The van der Waals surface area contributed by atoms with Crippen LogP contribution in [-0.4, -0.2) is 29.3 Å². The maximum Gasteiger partial charge on any atom is 0.175 e. The molecule has 3 aromatic rings. The smallest absolute Gasteiger partial charge is 0.175 e. The Labute approximate surface area is 138 Å². The topological polar surface area (TPSA) is 94.3 Å². The predicted molar refractivity (Wildman–Crippen MR) is 89.4 cm³/mol.